The lowest BCUT2D eigenvalue weighted by atomic mass is 9.95. The first-order valence-corrected chi connectivity index (χ1v) is 6.02. The molecule has 0 spiro atoms. The molecule has 0 amide bonds. The van der Waals surface area contributed by atoms with Crippen molar-refractivity contribution >= 4 is 23.4 Å². The van der Waals surface area contributed by atoms with Crippen LogP contribution in [0.2, 0.25) is 5.02 Å². The van der Waals surface area contributed by atoms with E-state index in [0.29, 0.717) is 23.2 Å². The molecule has 0 aliphatic carbocycles. The zero-order valence-electron chi connectivity index (χ0n) is 10.4. The van der Waals surface area contributed by atoms with Crippen LogP contribution in [0.15, 0.2) is 6.20 Å². The van der Waals surface area contributed by atoms with E-state index in [4.69, 9.17) is 16.7 Å². The van der Waals surface area contributed by atoms with Gasteiger partial charge in [-0.1, -0.05) is 18.5 Å². The number of anilines is 2. The molecule has 0 aliphatic heterocycles. The van der Waals surface area contributed by atoms with E-state index in [9.17, 15) is 0 Å². The number of rotatable bonds is 6. The van der Waals surface area contributed by atoms with Gasteiger partial charge in [-0.15, -0.1) is 0 Å². The summed E-state index contributed by atoms with van der Waals surface area (Å²) in [6.45, 7) is 4.20. The molecule has 1 heterocycles. The zero-order chi connectivity index (χ0) is 12.9. The minimum absolute atomic E-state index is 0.124. The van der Waals surface area contributed by atoms with E-state index in [1.165, 1.54) is 0 Å². The van der Waals surface area contributed by atoms with Crippen LogP contribution in [0.25, 0.3) is 0 Å². The summed E-state index contributed by atoms with van der Waals surface area (Å²) in [6.07, 6.45) is 3.05. The molecular weight excluding hydrogens is 240 g/mol. The van der Waals surface area contributed by atoms with Gasteiger partial charge < -0.3 is 15.7 Å². The Bertz CT molecular complexity index is 374. The summed E-state index contributed by atoms with van der Waals surface area (Å²) in [4.78, 5) is 8.27. The van der Waals surface area contributed by atoms with Gasteiger partial charge in [-0.3, -0.25) is 0 Å². The second kappa shape index (κ2) is 6.02. The molecule has 0 saturated carbocycles. The average Bonchev–Trinajstić information content (AvgIpc) is 2.32. The fraction of sp³-hybridized carbons (Fsp3) is 0.636. The molecule has 3 N–H and O–H groups in total. The van der Waals surface area contributed by atoms with Gasteiger partial charge in [0.05, 0.1) is 6.20 Å². The summed E-state index contributed by atoms with van der Waals surface area (Å²) in [7, 11) is 1.75. The van der Waals surface area contributed by atoms with Gasteiger partial charge in [-0.25, -0.2) is 4.98 Å². The SMILES string of the molecule is CCC(C)(CCO)Nc1nc(NC)ncc1Cl. The van der Waals surface area contributed by atoms with Crippen molar-refractivity contribution in [3.63, 3.8) is 0 Å². The third-order valence-electron chi connectivity index (χ3n) is 2.83. The fourth-order valence-electron chi connectivity index (χ4n) is 1.44. The van der Waals surface area contributed by atoms with Gasteiger partial charge in [0.25, 0.3) is 0 Å². The van der Waals surface area contributed by atoms with Gasteiger partial charge in [0.2, 0.25) is 5.95 Å². The van der Waals surface area contributed by atoms with Crippen LogP contribution >= 0.6 is 11.6 Å². The highest BCUT2D eigenvalue weighted by atomic mass is 35.5. The topological polar surface area (TPSA) is 70.1 Å². The minimum Gasteiger partial charge on any atom is -0.396 e. The maximum absolute atomic E-state index is 9.06. The van der Waals surface area contributed by atoms with Crippen LogP contribution < -0.4 is 10.6 Å². The Morgan fingerprint density at radius 3 is 2.76 bits per heavy atom. The molecule has 0 saturated heterocycles. The van der Waals surface area contributed by atoms with Crippen molar-refractivity contribution in [3.8, 4) is 0 Å². The monoisotopic (exact) mass is 258 g/mol. The first kappa shape index (κ1) is 14.0. The van der Waals surface area contributed by atoms with Crippen molar-refractivity contribution in [1.82, 2.24) is 9.97 Å². The number of halogens is 1. The molecule has 0 aromatic carbocycles. The Morgan fingerprint density at radius 2 is 2.24 bits per heavy atom. The van der Waals surface area contributed by atoms with Gasteiger partial charge in [-0.2, -0.15) is 4.98 Å². The third kappa shape index (κ3) is 3.71. The zero-order valence-corrected chi connectivity index (χ0v) is 11.2. The number of aliphatic hydroxyl groups excluding tert-OH is 1. The third-order valence-corrected chi connectivity index (χ3v) is 3.11. The molecule has 1 aromatic rings. The van der Waals surface area contributed by atoms with Gasteiger partial charge in [0.1, 0.15) is 5.02 Å². The van der Waals surface area contributed by atoms with Crippen LogP contribution in [0.3, 0.4) is 0 Å². The molecule has 0 fully saturated rings. The number of aromatic nitrogens is 2. The second-order valence-corrected chi connectivity index (χ2v) is 4.56. The maximum atomic E-state index is 9.06. The summed E-state index contributed by atoms with van der Waals surface area (Å²) >= 11 is 6.04. The van der Waals surface area contributed by atoms with E-state index in [2.05, 4.69) is 27.5 Å². The Balaban J connectivity index is 2.92. The summed E-state index contributed by atoms with van der Waals surface area (Å²) in [5, 5.41) is 15.7. The van der Waals surface area contributed by atoms with Crippen molar-refractivity contribution in [3.05, 3.63) is 11.2 Å². The van der Waals surface area contributed by atoms with Gasteiger partial charge >= 0.3 is 0 Å². The first-order chi connectivity index (χ1) is 8.04. The lowest BCUT2D eigenvalue weighted by molar-refractivity contribution is 0.252. The Labute approximate surface area is 107 Å². The van der Waals surface area contributed by atoms with E-state index in [1.54, 1.807) is 13.2 Å². The molecule has 6 heteroatoms. The molecule has 1 rings (SSSR count). The molecular formula is C11H19ClN4O. The van der Waals surface area contributed by atoms with E-state index >= 15 is 0 Å². The standard InChI is InChI=1S/C11H19ClN4O/c1-4-11(2,5-6-17)16-9-8(12)7-14-10(13-3)15-9/h7,17H,4-6H2,1-3H3,(H2,13,14,15,16). The fourth-order valence-corrected chi connectivity index (χ4v) is 1.57. The normalized spacial score (nSPS) is 14.2. The lowest BCUT2D eigenvalue weighted by Crippen LogP contribution is -2.35. The van der Waals surface area contributed by atoms with Gasteiger partial charge in [-0.05, 0) is 19.8 Å². The van der Waals surface area contributed by atoms with Crippen LogP contribution in [0, 0.1) is 0 Å². The van der Waals surface area contributed by atoms with Crippen molar-refractivity contribution in [2.75, 3.05) is 24.3 Å². The summed E-state index contributed by atoms with van der Waals surface area (Å²) in [5.41, 5.74) is -0.224. The van der Waals surface area contributed by atoms with Crippen LogP contribution in [-0.2, 0) is 0 Å². The molecule has 5 nitrogen and oxygen atoms in total. The quantitative estimate of drug-likeness (QED) is 0.729. The van der Waals surface area contributed by atoms with Crippen molar-refractivity contribution in [2.45, 2.75) is 32.2 Å². The Hall–Kier alpha value is -1.07. The first-order valence-electron chi connectivity index (χ1n) is 5.64. The molecule has 1 aromatic heterocycles. The van der Waals surface area contributed by atoms with Crippen LogP contribution in [-0.4, -0.2) is 34.3 Å². The molecule has 96 valence electrons. The van der Waals surface area contributed by atoms with E-state index in [1.807, 2.05) is 6.92 Å². The predicted octanol–water partition coefficient (Wildman–Crippen LogP) is 2.13. The number of hydrogen-bond acceptors (Lipinski definition) is 5. The highest BCUT2D eigenvalue weighted by molar-refractivity contribution is 6.32. The van der Waals surface area contributed by atoms with Crippen LogP contribution in [0.1, 0.15) is 26.7 Å². The lowest BCUT2D eigenvalue weighted by Gasteiger charge is -2.30. The summed E-state index contributed by atoms with van der Waals surface area (Å²) in [6, 6.07) is 0. The van der Waals surface area contributed by atoms with Crippen molar-refractivity contribution in [2.24, 2.45) is 0 Å². The number of nitrogens with zero attached hydrogens (tertiary/aromatic N) is 2. The highest BCUT2D eigenvalue weighted by Gasteiger charge is 2.22. The molecule has 17 heavy (non-hydrogen) atoms. The maximum Gasteiger partial charge on any atom is 0.224 e. The van der Waals surface area contributed by atoms with Gasteiger partial charge in [0, 0.05) is 19.2 Å². The Morgan fingerprint density at radius 1 is 1.53 bits per heavy atom. The minimum atomic E-state index is -0.224. The van der Waals surface area contributed by atoms with E-state index in [0.717, 1.165) is 6.42 Å². The van der Waals surface area contributed by atoms with Crippen molar-refractivity contribution < 1.29 is 5.11 Å². The average molecular weight is 259 g/mol. The van der Waals surface area contributed by atoms with Crippen molar-refractivity contribution in [1.29, 1.82) is 0 Å². The van der Waals surface area contributed by atoms with E-state index < -0.39 is 0 Å². The van der Waals surface area contributed by atoms with Crippen LogP contribution in [0.5, 0.6) is 0 Å². The molecule has 1 atom stereocenters. The summed E-state index contributed by atoms with van der Waals surface area (Å²) < 4.78 is 0. The number of nitrogens with one attached hydrogen (secondary N) is 2. The smallest absolute Gasteiger partial charge is 0.224 e. The highest BCUT2D eigenvalue weighted by Crippen LogP contribution is 2.26. The van der Waals surface area contributed by atoms with E-state index in [-0.39, 0.29) is 12.1 Å². The predicted molar refractivity (Wildman–Crippen MR) is 70.6 cm³/mol. The van der Waals surface area contributed by atoms with Crippen LogP contribution in [0.4, 0.5) is 11.8 Å². The number of hydrogen-bond donors (Lipinski definition) is 3. The largest absolute Gasteiger partial charge is 0.396 e. The Kier molecular flexibility index (Phi) is 4.96. The molecule has 1 unspecified atom stereocenters. The second-order valence-electron chi connectivity index (χ2n) is 4.15. The number of aliphatic hydroxyl groups is 1. The van der Waals surface area contributed by atoms with Gasteiger partial charge in [0.15, 0.2) is 5.82 Å². The molecule has 0 bridgehead atoms. The molecule has 0 aliphatic rings. The summed E-state index contributed by atoms with van der Waals surface area (Å²) in [5.74, 6) is 1.10. The molecule has 0 radical (unpaired) electrons.